The van der Waals surface area contributed by atoms with E-state index in [1.165, 1.54) is 75.2 Å². The van der Waals surface area contributed by atoms with Crippen molar-refractivity contribution in [3.8, 4) is 22.6 Å². The lowest BCUT2D eigenvalue weighted by molar-refractivity contribution is 0.509. The monoisotopic (exact) mass is 868 g/mol. The number of fused-ring (bicyclic) bond motifs is 17. The van der Waals surface area contributed by atoms with Gasteiger partial charge in [-0.3, -0.25) is 0 Å². The third-order valence-electron chi connectivity index (χ3n) is 14.6. The number of allylic oxidation sites excluding steroid dienone is 2. The summed E-state index contributed by atoms with van der Waals surface area (Å²) in [6.45, 7) is 18.3. The molecular formula is C60H45BN2O2S. The summed E-state index contributed by atoms with van der Waals surface area (Å²) in [5, 5.41) is 7.42. The maximum absolute atomic E-state index is 6.97. The third-order valence-corrected chi connectivity index (χ3v) is 15.8. The lowest BCUT2D eigenvalue weighted by Crippen LogP contribution is -2.60. The number of hydrogen-bond acceptors (Lipinski definition) is 4. The van der Waals surface area contributed by atoms with Gasteiger partial charge in [0.05, 0.1) is 11.0 Å². The lowest BCUT2D eigenvalue weighted by Gasteiger charge is -2.42. The quantitative estimate of drug-likeness (QED) is 0.162. The topological polar surface area (TPSA) is 30.5 Å². The Labute approximate surface area is 387 Å². The van der Waals surface area contributed by atoms with E-state index in [1.807, 2.05) is 17.4 Å². The van der Waals surface area contributed by atoms with Gasteiger partial charge in [-0.2, -0.15) is 0 Å². The number of anilines is 2. The fraction of sp³-hybridized carbons (Fsp3) is 0.133. The summed E-state index contributed by atoms with van der Waals surface area (Å²) in [5.74, 6) is 1.62. The molecule has 6 heteroatoms. The Bertz CT molecular complexity index is 4000. The number of hydrogen-bond donors (Lipinski definition) is 0. The fourth-order valence-electron chi connectivity index (χ4n) is 11.4. The van der Waals surface area contributed by atoms with Crippen LogP contribution in [0.2, 0.25) is 0 Å². The van der Waals surface area contributed by atoms with Gasteiger partial charge in [-0.1, -0.05) is 139 Å². The summed E-state index contributed by atoms with van der Waals surface area (Å²) in [5.41, 5.74) is 18.2. The van der Waals surface area contributed by atoms with E-state index in [4.69, 9.17) is 15.7 Å². The molecule has 11 aromatic rings. The Morgan fingerprint density at radius 2 is 1.33 bits per heavy atom. The average Bonchev–Trinajstić information content (AvgIpc) is 3.99. The van der Waals surface area contributed by atoms with E-state index >= 15 is 0 Å². The van der Waals surface area contributed by atoms with Crippen LogP contribution in [0.1, 0.15) is 63.8 Å². The minimum absolute atomic E-state index is 0.00157. The van der Waals surface area contributed by atoms with Crippen LogP contribution in [0, 0.1) is 0 Å². The summed E-state index contributed by atoms with van der Waals surface area (Å²) in [4.78, 5) is 2.63. The number of aromatic nitrogens is 1. The second-order valence-electron chi connectivity index (χ2n) is 20.6. The zero-order valence-corrected chi connectivity index (χ0v) is 38.7. The van der Waals surface area contributed by atoms with Gasteiger partial charge in [0.1, 0.15) is 22.7 Å². The lowest BCUT2D eigenvalue weighted by atomic mass is 9.43. The predicted molar refractivity (Wildman–Crippen MR) is 281 cm³/mol. The zero-order valence-electron chi connectivity index (χ0n) is 37.8. The van der Waals surface area contributed by atoms with Gasteiger partial charge in [0.25, 0.3) is 0 Å². The summed E-state index contributed by atoms with van der Waals surface area (Å²) < 4.78 is 18.9. The second kappa shape index (κ2) is 13.0. The molecule has 0 saturated carbocycles. The number of ether oxygens (including phenoxy) is 1. The number of benzene rings is 8. The molecule has 3 aromatic heterocycles. The molecule has 3 aliphatic heterocycles. The molecule has 14 rings (SSSR count). The van der Waals surface area contributed by atoms with Gasteiger partial charge in [0, 0.05) is 87.1 Å². The Morgan fingerprint density at radius 1 is 0.606 bits per heavy atom. The molecule has 0 amide bonds. The summed E-state index contributed by atoms with van der Waals surface area (Å²) in [6, 6.07) is 53.9. The van der Waals surface area contributed by atoms with Crippen molar-refractivity contribution in [3.05, 3.63) is 181 Å². The highest BCUT2D eigenvalue weighted by molar-refractivity contribution is 7.27. The van der Waals surface area contributed by atoms with Crippen LogP contribution in [0.15, 0.2) is 163 Å². The molecule has 3 aliphatic rings. The predicted octanol–water partition coefficient (Wildman–Crippen LogP) is 15.3. The first-order chi connectivity index (χ1) is 31.9. The van der Waals surface area contributed by atoms with E-state index in [-0.39, 0.29) is 17.7 Å². The van der Waals surface area contributed by atoms with Crippen LogP contribution in [0.25, 0.3) is 92.1 Å². The second-order valence-corrected chi connectivity index (χ2v) is 21.6. The largest absolute Gasteiger partial charge is 0.456 e. The van der Waals surface area contributed by atoms with Crippen molar-refractivity contribution in [1.29, 1.82) is 0 Å². The minimum Gasteiger partial charge on any atom is -0.456 e. The maximum Gasteiger partial charge on any atom is 0.333 e. The number of para-hydroxylation sites is 1. The molecule has 0 aliphatic carbocycles. The van der Waals surface area contributed by atoms with Crippen molar-refractivity contribution >= 4 is 116 Å². The van der Waals surface area contributed by atoms with E-state index < -0.39 is 0 Å². The molecule has 0 bridgehead atoms. The molecule has 0 radical (unpaired) electrons. The van der Waals surface area contributed by atoms with Crippen molar-refractivity contribution in [2.45, 2.75) is 52.4 Å². The molecule has 0 atom stereocenters. The van der Waals surface area contributed by atoms with Gasteiger partial charge in [-0.15, -0.1) is 11.3 Å². The van der Waals surface area contributed by atoms with Gasteiger partial charge in [-0.25, -0.2) is 0 Å². The number of furan rings is 1. The van der Waals surface area contributed by atoms with Gasteiger partial charge < -0.3 is 18.5 Å². The minimum atomic E-state index is -0.202. The van der Waals surface area contributed by atoms with Crippen molar-refractivity contribution < 1.29 is 9.15 Å². The summed E-state index contributed by atoms with van der Waals surface area (Å²) in [6.07, 6.45) is 2.10. The first kappa shape index (κ1) is 38.0. The van der Waals surface area contributed by atoms with Crippen LogP contribution in [0.3, 0.4) is 0 Å². The van der Waals surface area contributed by atoms with Crippen molar-refractivity contribution in [2.75, 3.05) is 4.81 Å². The molecule has 0 unspecified atom stereocenters. The molecule has 0 fully saturated rings. The van der Waals surface area contributed by atoms with Crippen LogP contribution < -0.4 is 20.5 Å². The zero-order chi connectivity index (χ0) is 44.5. The van der Waals surface area contributed by atoms with Gasteiger partial charge in [-0.05, 0) is 93.1 Å². The van der Waals surface area contributed by atoms with Crippen molar-refractivity contribution in [3.63, 3.8) is 0 Å². The van der Waals surface area contributed by atoms with Crippen molar-refractivity contribution in [1.82, 2.24) is 4.57 Å². The van der Waals surface area contributed by atoms with E-state index in [0.29, 0.717) is 0 Å². The Kier molecular flexibility index (Phi) is 7.47. The Morgan fingerprint density at radius 3 is 2.12 bits per heavy atom. The van der Waals surface area contributed by atoms with Crippen LogP contribution >= 0.6 is 11.3 Å². The Balaban J connectivity index is 1.19. The Hall–Kier alpha value is -7.28. The molecule has 0 saturated heterocycles. The normalized spacial score (nSPS) is 14.4. The molecule has 316 valence electrons. The SMILES string of the molecule is C=C1C=C(c2ccccc2)Oc2cc3c(cc21)B1c2c(c4sc5ccccc5c4c4c5cc(C(C)(C)C)ccc5n-3c24)-c2cc3oc4ccccc4c3cc2N1c1ccc(C(C)(C)C)cc1. The van der Waals surface area contributed by atoms with Crippen LogP contribution in [-0.4, -0.2) is 11.4 Å². The van der Waals surface area contributed by atoms with Crippen molar-refractivity contribution in [2.24, 2.45) is 0 Å². The van der Waals surface area contributed by atoms with Gasteiger partial charge in [0.2, 0.25) is 0 Å². The van der Waals surface area contributed by atoms with Crippen LogP contribution in [-0.2, 0) is 10.8 Å². The van der Waals surface area contributed by atoms with Crippen LogP contribution in [0.4, 0.5) is 11.4 Å². The van der Waals surface area contributed by atoms with Gasteiger partial charge in [0.15, 0.2) is 0 Å². The number of nitrogens with zero attached hydrogens (tertiary/aromatic N) is 2. The molecule has 6 heterocycles. The van der Waals surface area contributed by atoms with E-state index in [2.05, 4.69) is 197 Å². The molecule has 0 spiro atoms. The fourth-order valence-corrected chi connectivity index (χ4v) is 12.6. The first-order valence-corrected chi connectivity index (χ1v) is 23.9. The smallest absolute Gasteiger partial charge is 0.333 e. The highest BCUT2D eigenvalue weighted by atomic mass is 32.1. The highest BCUT2D eigenvalue weighted by Gasteiger charge is 2.47. The van der Waals surface area contributed by atoms with E-state index in [1.54, 1.807) is 0 Å². The van der Waals surface area contributed by atoms with E-state index in [9.17, 15) is 0 Å². The number of rotatable bonds is 2. The molecule has 66 heavy (non-hydrogen) atoms. The highest BCUT2D eigenvalue weighted by Crippen LogP contribution is 2.54. The van der Waals surface area contributed by atoms with E-state index in [0.717, 1.165) is 67.2 Å². The first-order valence-electron chi connectivity index (χ1n) is 23.0. The molecule has 0 N–H and O–H groups in total. The average molecular weight is 869 g/mol. The molecule has 4 nitrogen and oxygen atoms in total. The molecular weight excluding hydrogens is 824 g/mol. The van der Waals surface area contributed by atoms with Crippen LogP contribution in [0.5, 0.6) is 5.75 Å². The summed E-state index contributed by atoms with van der Waals surface area (Å²) in [7, 11) is 0. The standard InChI is InChI=1S/C60H45BN2O2S/c1-33-27-49(34-15-9-8-10-16-34)65-51-32-47-44(29-40(33)51)61-56-55(58-54(39-18-12-14-20-52(39)66-58)53-42-28-36(60(5,6)7)23-26-45(42)62(47)57(53)56)43-31-50-41(38-17-11-13-19-48(38)64-50)30-46(43)63(61)37-24-21-35(22-25-37)59(2,3)4/h8-32H,1H2,2-7H3. The third kappa shape index (κ3) is 5.11. The maximum atomic E-state index is 6.97. The van der Waals surface area contributed by atoms with Gasteiger partial charge >= 0.3 is 6.85 Å². The number of thiophene rings is 1. The summed E-state index contributed by atoms with van der Waals surface area (Å²) >= 11 is 1.92. The molecule has 8 aromatic carbocycles.